The maximum atomic E-state index is 12.2. The van der Waals surface area contributed by atoms with Crippen molar-refractivity contribution in [1.82, 2.24) is 20.1 Å². The molecular formula is C19H17N5O2. The number of rotatable bonds is 6. The molecule has 1 amide bonds. The van der Waals surface area contributed by atoms with Crippen molar-refractivity contribution < 1.29 is 9.53 Å². The van der Waals surface area contributed by atoms with Gasteiger partial charge in [-0.2, -0.15) is 10.4 Å². The first-order chi connectivity index (χ1) is 12.7. The maximum absolute atomic E-state index is 12.2. The Morgan fingerprint density at radius 2 is 2.12 bits per heavy atom. The first kappa shape index (κ1) is 17.2. The summed E-state index contributed by atoms with van der Waals surface area (Å²) in [5, 5.41) is 15.8. The molecule has 3 rings (SSSR count). The molecule has 2 heterocycles. The molecule has 2 aromatic heterocycles. The summed E-state index contributed by atoms with van der Waals surface area (Å²) in [6.07, 6.45) is 4.50. The zero-order chi connectivity index (χ0) is 18.4. The Bertz CT molecular complexity index is 914. The highest BCUT2D eigenvalue weighted by Gasteiger charge is 2.14. The molecule has 7 heteroatoms. The lowest BCUT2D eigenvalue weighted by Gasteiger charge is -2.15. The van der Waals surface area contributed by atoms with Crippen molar-refractivity contribution in [2.45, 2.75) is 19.6 Å². The molecular weight excluding hydrogens is 330 g/mol. The van der Waals surface area contributed by atoms with Gasteiger partial charge in [0.2, 0.25) is 0 Å². The number of pyridine rings is 1. The lowest BCUT2D eigenvalue weighted by Crippen LogP contribution is -2.35. The van der Waals surface area contributed by atoms with Crippen molar-refractivity contribution in [3.63, 3.8) is 0 Å². The SMILES string of the molecule is CC(Oc1ccc(C#N)cc1)C(=O)NCc1ccnc(-n2cccn2)c1. The van der Waals surface area contributed by atoms with Crippen molar-refractivity contribution >= 4 is 5.91 Å². The summed E-state index contributed by atoms with van der Waals surface area (Å²) in [7, 11) is 0. The van der Waals surface area contributed by atoms with Crippen LogP contribution in [0.25, 0.3) is 5.82 Å². The Hall–Kier alpha value is -3.66. The largest absolute Gasteiger partial charge is 0.481 e. The number of amides is 1. The average Bonchev–Trinajstić information content (AvgIpc) is 3.22. The van der Waals surface area contributed by atoms with E-state index in [0.29, 0.717) is 23.7 Å². The lowest BCUT2D eigenvalue weighted by atomic mass is 10.2. The van der Waals surface area contributed by atoms with Crippen LogP contribution in [-0.4, -0.2) is 26.8 Å². The van der Waals surface area contributed by atoms with E-state index in [1.54, 1.807) is 54.5 Å². The predicted molar refractivity (Wildman–Crippen MR) is 94.5 cm³/mol. The molecule has 0 spiro atoms. The van der Waals surface area contributed by atoms with Gasteiger partial charge in [0.1, 0.15) is 5.75 Å². The minimum absolute atomic E-state index is 0.230. The molecule has 1 unspecified atom stereocenters. The Labute approximate surface area is 150 Å². The van der Waals surface area contributed by atoms with Gasteiger partial charge in [-0.1, -0.05) is 0 Å². The van der Waals surface area contributed by atoms with Crippen molar-refractivity contribution in [3.05, 3.63) is 72.2 Å². The molecule has 1 N–H and O–H groups in total. The molecule has 26 heavy (non-hydrogen) atoms. The average molecular weight is 347 g/mol. The normalized spacial score (nSPS) is 11.4. The van der Waals surface area contributed by atoms with E-state index in [9.17, 15) is 4.79 Å². The van der Waals surface area contributed by atoms with E-state index >= 15 is 0 Å². The van der Waals surface area contributed by atoms with Gasteiger partial charge in [0, 0.05) is 25.1 Å². The van der Waals surface area contributed by atoms with E-state index in [-0.39, 0.29) is 5.91 Å². The van der Waals surface area contributed by atoms with Crippen LogP contribution in [0.5, 0.6) is 5.75 Å². The molecule has 0 radical (unpaired) electrons. The van der Waals surface area contributed by atoms with E-state index in [1.165, 1.54) is 0 Å². The molecule has 0 saturated heterocycles. The van der Waals surface area contributed by atoms with Gasteiger partial charge in [-0.3, -0.25) is 4.79 Å². The summed E-state index contributed by atoms with van der Waals surface area (Å²) < 4.78 is 7.25. The number of carbonyl (C=O) groups excluding carboxylic acids is 1. The summed E-state index contributed by atoms with van der Waals surface area (Å²) in [6.45, 7) is 2.03. The van der Waals surface area contributed by atoms with Gasteiger partial charge in [0.25, 0.3) is 5.91 Å². The van der Waals surface area contributed by atoms with Crippen molar-refractivity contribution in [2.24, 2.45) is 0 Å². The van der Waals surface area contributed by atoms with Gasteiger partial charge in [-0.25, -0.2) is 9.67 Å². The summed E-state index contributed by atoms with van der Waals surface area (Å²) in [5.41, 5.74) is 1.45. The van der Waals surface area contributed by atoms with Crippen LogP contribution in [-0.2, 0) is 11.3 Å². The number of carbonyl (C=O) groups is 1. The van der Waals surface area contributed by atoms with Crippen LogP contribution in [0.15, 0.2) is 61.1 Å². The standard InChI is InChI=1S/C19H17N5O2/c1-14(26-17-5-3-15(12-20)4-6-17)19(25)22-13-16-7-9-21-18(11-16)24-10-2-8-23-24/h2-11,14H,13H2,1H3,(H,22,25). The van der Waals surface area contributed by atoms with Crippen LogP contribution in [0.3, 0.4) is 0 Å². The zero-order valence-electron chi connectivity index (χ0n) is 14.2. The summed E-state index contributed by atoms with van der Waals surface area (Å²) >= 11 is 0. The Kier molecular flexibility index (Phi) is 5.25. The summed E-state index contributed by atoms with van der Waals surface area (Å²) in [4.78, 5) is 16.5. The molecule has 0 aliphatic carbocycles. The van der Waals surface area contributed by atoms with Gasteiger partial charge < -0.3 is 10.1 Å². The Morgan fingerprint density at radius 1 is 1.31 bits per heavy atom. The van der Waals surface area contributed by atoms with Crippen LogP contribution in [0.4, 0.5) is 0 Å². The lowest BCUT2D eigenvalue weighted by molar-refractivity contribution is -0.127. The number of hydrogen-bond donors (Lipinski definition) is 1. The Balaban J connectivity index is 1.56. The molecule has 1 aromatic carbocycles. The number of hydrogen-bond acceptors (Lipinski definition) is 5. The molecule has 7 nitrogen and oxygen atoms in total. The number of nitrogens with zero attached hydrogens (tertiary/aromatic N) is 4. The second kappa shape index (κ2) is 7.94. The highest BCUT2D eigenvalue weighted by molar-refractivity contribution is 5.80. The van der Waals surface area contributed by atoms with Gasteiger partial charge in [-0.15, -0.1) is 0 Å². The fourth-order valence-corrected chi connectivity index (χ4v) is 2.30. The van der Waals surface area contributed by atoms with Crippen LogP contribution >= 0.6 is 0 Å². The zero-order valence-corrected chi connectivity index (χ0v) is 14.2. The fourth-order valence-electron chi connectivity index (χ4n) is 2.30. The van der Waals surface area contributed by atoms with E-state index < -0.39 is 6.10 Å². The van der Waals surface area contributed by atoms with E-state index in [0.717, 1.165) is 5.56 Å². The first-order valence-electron chi connectivity index (χ1n) is 8.05. The minimum atomic E-state index is -0.657. The van der Waals surface area contributed by atoms with Crippen LogP contribution in [0.1, 0.15) is 18.1 Å². The third-order valence-electron chi connectivity index (χ3n) is 3.68. The maximum Gasteiger partial charge on any atom is 0.261 e. The second-order valence-electron chi connectivity index (χ2n) is 5.59. The van der Waals surface area contributed by atoms with Crippen molar-refractivity contribution in [1.29, 1.82) is 5.26 Å². The predicted octanol–water partition coefficient (Wildman–Crippen LogP) is 2.22. The summed E-state index contributed by atoms with van der Waals surface area (Å²) in [5.74, 6) is 0.993. The second-order valence-corrected chi connectivity index (χ2v) is 5.59. The third-order valence-corrected chi connectivity index (χ3v) is 3.68. The molecule has 0 aliphatic rings. The highest BCUT2D eigenvalue weighted by Crippen LogP contribution is 2.13. The van der Waals surface area contributed by atoms with Crippen LogP contribution < -0.4 is 10.1 Å². The summed E-state index contributed by atoms with van der Waals surface area (Å²) in [6, 6.07) is 14.2. The highest BCUT2D eigenvalue weighted by atomic mass is 16.5. The molecule has 0 fully saturated rings. The third kappa shape index (κ3) is 4.24. The van der Waals surface area contributed by atoms with Crippen LogP contribution in [0, 0.1) is 11.3 Å². The van der Waals surface area contributed by atoms with E-state index in [1.807, 2.05) is 24.3 Å². The Morgan fingerprint density at radius 3 is 2.81 bits per heavy atom. The topological polar surface area (TPSA) is 92.8 Å². The number of nitriles is 1. The fraction of sp³-hybridized carbons (Fsp3) is 0.158. The smallest absolute Gasteiger partial charge is 0.261 e. The van der Waals surface area contributed by atoms with E-state index in [2.05, 4.69) is 15.4 Å². The number of ether oxygens (including phenoxy) is 1. The number of nitrogens with one attached hydrogen (secondary N) is 1. The molecule has 3 aromatic rings. The molecule has 0 saturated carbocycles. The molecule has 130 valence electrons. The van der Waals surface area contributed by atoms with E-state index in [4.69, 9.17) is 10.00 Å². The van der Waals surface area contributed by atoms with Crippen LogP contribution in [0.2, 0.25) is 0 Å². The quantitative estimate of drug-likeness (QED) is 0.738. The minimum Gasteiger partial charge on any atom is -0.481 e. The number of benzene rings is 1. The first-order valence-corrected chi connectivity index (χ1v) is 8.05. The molecule has 1 atom stereocenters. The molecule has 0 aliphatic heterocycles. The molecule has 0 bridgehead atoms. The van der Waals surface area contributed by atoms with Crippen molar-refractivity contribution in [3.8, 4) is 17.6 Å². The number of aromatic nitrogens is 3. The van der Waals surface area contributed by atoms with Crippen molar-refractivity contribution in [2.75, 3.05) is 0 Å². The van der Waals surface area contributed by atoms with Gasteiger partial charge in [0.15, 0.2) is 11.9 Å². The van der Waals surface area contributed by atoms with Gasteiger partial charge in [-0.05, 0) is 55.0 Å². The van der Waals surface area contributed by atoms with Gasteiger partial charge >= 0.3 is 0 Å². The monoisotopic (exact) mass is 347 g/mol. The van der Waals surface area contributed by atoms with Gasteiger partial charge in [0.05, 0.1) is 11.6 Å².